The average Bonchev–Trinajstić information content (AvgIpc) is 2.99. The summed E-state index contributed by atoms with van der Waals surface area (Å²) in [7, 11) is -1.83. The fourth-order valence-electron chi connectivity index (χ4n) is 2.95. The van der Waals surface area contributed by atoms with Crippen LogP contribution in [0.5, 0.6) is 0 Å². The van der Waals surface area contributed by atoms with E-state index in [4.69, 9.17) is 4.43 Å². The zero-order valence-electron chi connectivity index (χ0n) is 15.4. The first kappa shape index (κ1) is 18.7. The molecule has 4 heteroatoms. The monoisotopic (exact) mass is 335 g/mol. The summed E-state index contributed by atoms with van der Waals surface area (Å²) < 4.78 is 6.28. The van der Waals surface area contributed by atoms with Gasteiger partial charge in [0.05, 0.1) is 18.8 Å². The number of nitrogens with zero attached hydrogens (tertiary/aromatic N) is 1. The maximum atomic E-state index is 10.9. The molecule has 0 aliphatic carbocycles. The molecule has 0 radical (unpaired) electrons. The van der Waals surface area contributed by atoms with Gasteiger partial charge < -0.3 is 9.53 Å². The fourth-order valence-corrected chi connectivity index (χ4v) is 3.97. The second kappa shape index (κ2) is 7.47. The Morgan fingerprint density at radius 2 is 1.70 bits per heavy atom. The average molecular weight is 336 g/mol. The van der Waals surface area contributed by atoms with Crippen molar-refractivity contribution in [3.8, 4) is 0 Å². The fraction of sp³-hybridized carbons (Fsp3) is 0.684. The Morgan fingerprint density at radius 1 is 1.13 bits per heavy atom. The standard InChI is InChI=1S/C19H33NO2Si/c1-19(2,3)23(4,5)22-15-17(21)18(20-13-9-10-14-20)16-11-7-6-8-12-16/h6-8,11-12,17-18,21H,9-10,13-15H2,1-5H3/t17-,18+/m0/s1. The van der Waals surface area contributed by atoms with Gasteiger partial charge in [0, 0.05) is 0 Å². The molecular weight excluding hydrogens is 302 g/mol. The zero-order valence-corrected chi connectivity index (χ0v) is 16.4. The van der Waals surface area contributed by atoms with Crippen molar-refractivity contribution in [2.45, 2.75) is 63.9 Å². The highest BCUT2D eigenvalue weighted by Gasteiger charge is 2.39. The van der Waals surface area contributed by atoms with Gasteiger partial charge in [-0.05, 0) is 49.6 Å². The van der Waals surface area contributed by atoms with Crippen molar-refractivity contribution in [2.75, 3.05) is 19.7 Å². The van der Waals surface area contributed by atoms with Crippen LogP contribution in [0.15, 0.2) is 30.3 Å². The molecule has 0 aromatic heterocycles. The van der Waals surface area contributed by atoms with E-state index in [-0.39, 0.29) is 11.1 Å². The minimum Gasteiger partial charge on any atom is -0.414 e. The molecular formula is C19H33NO2Si. The molecule has 1 aliphatic rings. The van der Waals surface area contributed by atoms with Gasteiger partial charge >= 0.3 is 0 Å². The number of rotatable bonds is 6. The third-order valence-electron chi connectivity index (χ3n) is 5.46. The van der Waals surface area contributed by atoms with Crippen LogP contribution in [0.25, 0.3) is 0 Å². The van der Waals surface area contributed by atoms with Crippen LogP contribution in [0.4, 0.5) is 0 Å². The van der Waals surface area contributed by atoms with Crippen LogP contribution in [-0.4, -0.2) is 44.1 Å². The van der Waals surface area contributed by atoms with Crippen LogP contribution in [-0.2, 0) is 4.43 Å². The van der Waals surface area contributed by atoms with Crippen LogP contribution in [0.1, 0.15) is 45.2 Å². The van der Waals surface area contributed by atoms with Crippen LogP contribution in [0.3, 0.4) is 0 Å². The van der Waals surface area contributed by atoms with E-state index in [2.05, 4.69) is 63.0 Å². The SMILES string of the molecule is CC(C)(C)[Si](C)(C)OC[C@H](O)[C@@H](c1ccccc1)N1CCCC1. The van der Waals surface area contributed by atoms with Crippen LogP contribution in [0, 0.1) is 0 Å². The minimum absolute atomic E-state index is 0.0449. The second-order valence-corrected chi connectivity index (χ2v) is 13.0. The van der Waals surface area contributed by atoms with Gasteiger partial charge in [0.1, 0.15) is 0 Å². The molecule has 0 amide bonds. The Kier molecular flexibility index (Phi) is 6.06. The van der Waals surface area contributed by atoms with E-state index in [0.717, 1.165) is 13.1 Å². The largest absolute Gasteiger partial charge is 0.414 e. The Labute approximate surface area is 142 Å². The molecule has 2 rings (SSSR count). The topological polar surface area (TPSA) is 32.7 Å². The first-order valence-electron chi connectivity index (χ1n) is 8.83. The van der Waals surface area contributed by atoms with Crippen molar-refractivity contribution >= 4 is 8.32 Å². The molecule has 3 nitrogen and oxygen atoms in total. The highest BCUT2D eigenvalue weighted by Crippen LogP contribution is 2.37. The molecule has 1 aromatic carbocycles. The van der Waals surface area contributed by atoms with E-state index in [0.29, 0.717) is 6.61 Å². The third kappa shape index (κ3) is 4.66. The number of hydrogen-bond donors (Lipinski definition) is 1. The second-order valence-electron chi connectivity index (χ2n) is 8.24. The quantitative estimate of drug-likeness (QED) is 0.791. The van der Waals surface area contributed by atoms with Crippen molar-refractivity contribution in [2.24, 2.45) is 0 Å². The lowest BCUT2D eigenvalue weighted by molar-refractivity contribution is 0.0219. The van der Waals surface area contributed by atoms with E-state index in [1.54, 1.807) is 0 Å². The molecule has 1 saturated heterocycles. The summed E-state index contributed by atoms with van der Waals surface area (Å²) in [5, 5.41) is 11.1. The predicted octanol–water partition coefficient (Wildman–Crippen LogP) is 4.21. The van der Waals surface area contributed by atoms with Gasteiger partial charge in [-0.2, -0.15) is 0 Å². The Hall–Kier alpha value is -0.683. The summed E-state index contributed by atoms with van der Waals surface area (Å²) in [5.41, 5.74) is 1.20. The zero-order chi connectivity index (χ0) is 17.1. The third-order valence-corrected chi connectivity index (χ3v) is 9.96. The lowest BCUT2D eigenvalue weighted by Crippen LogP contribution is -2.45. The molecule has 2 atom stereocenters. The number of hydrogen-bond acceptors (Lipinski definition) is 3. The van der Waals surface area contributed by atoms with Gasteiger partial charge in [-0.25, -0.2) is 0 Å². The lowest BCUT2D eigenvalue weighted by Gasteiger charge is -2.39. The molecule has 1 heterocycles. The predicted molar refractivity (Wildman–Crippen MR) is 99.1 cm³/mol. The van der Waals surface area contributed by atoms with Gasteiger partial charge in [-0.15, -0.1) is 0 Å². The first-order valence-corrected chi connectivity index (χ1v) is 11.7. The molecule has 1 aromatic rings. The van der Waals surface area contributed by atoms with E-state index in [1.165, 1.54) is 18.4 Å². The normalized spacial score (nSPS) is 19.7. The molecule has 1 fully saturated rings. The minimum atomic E-state index is -1.83. The van der Waals surface area contributed by atoms with E-state index in [9.17, 15) is 5.11 Å². The molecule has 23 heavy (non-hydrogen) atoms. The number of benzene rings is 1. The summed E-state index contributed by atoms with van der Waals surface area (Å²) in [4.78, 5) is 2.41. The highest BCUT2D eigenvalue weighted by atomic mass is 28.4. The smallest absolute Gasteiger partial charge is 0.192 e. The maximum absolute atomic E-state index is 10.9. The number of aliphatic hydroxyl groups is 1. The summed E-state index contributed by atoms with van der Waals surface area (Å²) in [6, 6.07) is 10.4. The van der Waals surface area contributed by atoms with Crippen molar-refractivity contribution < 1.29 is 9.53 Å². The van der Waals surface area contributed by atoms with Crippen molar-refractivity contribution in [1.29, 1.82) is 0 Å². The van der Waals surface area contributed by atoms with Gasteiger partial charge in [0.2, 0.25) is 0 Å². The number of likely N-dealkylation sites (tertiary alicyclic amines) is 1. The van der Waals surface area contributed by atoms with Gasteiger partial charge in [0.15, 0.2) is 8.32 Å². The van der Waals surface area contributed by atoms with Crippen LogP contribution in [0.2, 0.25) is 18.1 Å². The summed E-state index contributed by atoms with van der Waals surface area (Å²) in [5.74, 6) is 0. The molecule has 0 unspecified atom stereocenters. The Morgan fingerprint density at radius 3 is 2.22 bits per heavy atom. The van der Waals surface area contributed by atoms with Crippen molar-refractivity contribution in [3.05, 3.63) is 35.9 Å². The van der Waals surface area contributed by atoms with E-state index < -0.39 is 14.4 Å². The van der Waals surface area contributed by atoms with Crippen molar-refractivity contribution in [3.63, 3.8) is 0 Å². The molecule has 0 saturated carbocycles. The van der Waals surface area contributed by atoms with Gasteiger partial charge in [-0.3, -0.25) is 4.90 Å². The van der Waals surface area contributed by atoms with Crippen LogP contribution < -0.4 is 0 Å². The molecule has 1 N–H and O–H groups in total. The summed E-state index contributed by atoms with van der Waals surface area (Å²) in [6.45, 7) is 13.8. The van der Waals surface area contributed by atoms with Gasteiger partial charge in [0.25, 0.3) is 0 Å². The summed E-state index contributed by atoms with van der Waals surface area (Å²) in [6.07, 6.45) is 1.96. The molecule has 1 aliphatic heterocycles. The number of aliphatic hydroxyl groups excluding tert-OH is 1. The van der Waals surface area contributed by atoms with E-state index >= 15 is 0 Å². The molecule has 130 valence electrons. The molecule has 0 spiro atoms. The van der Waals surface area contributed by atoms with Crippen LogP contribution >= 0.6 is 0 Å². The Bertz CT molecular complexity index is 478. The molecule has 0 bridgehead atoms. The highest BCUT2D eigenvalue weighted by molar-refractivity contribution is 6.74. The maximum Gasteiger partial charge on any atom is 0.192 e. The lowest BCUT2D eigenvalue weighted by atomic mass is 10.0. The van der Waals surface area contributed by atoms with E-state index in [1.807, 2.05) is 6.07 Å². The van der Waals surface area contributed by atoms with Gasteiger partial charge in [-0.1, -0.05) is 51.1 Å². The Balaban J connectivity index is 2.10. The first-order chi connectivity index (χ1) is 10.7. The summed E-state index contributed by atoms with van der Waals surface area (Å²) >= 11 is 0. The van der Waals surface area contributed by atoms with Crippen molar-refractivity contribution in [1.82, 2.24) is 4.90 Å².